The molecule has 0 saturated carbocycles. The Morgan fingerprint density at radius 2 is 1.87 bits per heavy atom. The Morgan fingerprint density at radius 1 is 1.22 bits per heavy atom. The molecule has 0 fully saturated rings. The van der Waals surface area contributed by atoms with Gasteiger partial charge in [-0.3, -0.25) is 4.79 Å². The molecule has 1 aromatic heterocycles. The van der Waals surface area contributed by atoms with Crippen LogP contribution in [-0.2, 0) is 24.8 Å². The first-order valence-corrected chi connectivity index (χ1v) is 8.03. The number of amides is 1. The Hall–Kier alpha value is -1.95. The second kappa shape index (κ2) is 7.55. The van der Waals surface area contributed by atoms with Crippen LogP contribution in [0.3, 0.4) is 0 Å². The number of carbonyl (C=O) groups is 1. The first-order valence-electron chi connectivity index (χ1n) is 7.24. The Kier molecular flexibility index (Phi) is 5.71. The predicted octanol–water partition coefficient (Wildman–Crippen LogP) is 2.97. The molecule has 1 heterocycles. The van der Waals surface area contributed by atoms with Crippen LogP contribution in [0, 0.1) is 6.92 Å². The van der Waals surface area contributed by atoms with Gasteiger partial charge >= 0.3 is 0 Å². The van der Waals surface area contributed by atoms with Gasteiger partial charge in [-0.2, -0.15) is 0 Å². The summed E-state index contributed by atoms with van der Waals surface area (Å²) in [5.41, 5.74) is 3.09. The number of benzene rings is 1. The molecule has 23 heavy (non-hydrogen) atoms. The molecule has 0 saturated heterocycles. The number of rotatable bonds is 6. The van der Waals surface area contributed by atoms with Crippen molar-refractivity contribution in [2.45, 2.75) is 19.9 Å². The van der Waals surface area contributed by atoms with E-state index in [1.54, 1.807) is 14.2 Å². The molecule has 0 aliphatic heterocycles. The van der Waals surface area contributed by atoms with Crippen molar-refractivity contribution >= 4 is 21.8 Å². The number of halogens is 1. The van der Waals surface area contributed by atoms with Crippen molar-refractivity contribution in [3.8, 4) is 11.5 Å². The minimum absolute atomic E-state index is 0.0447. The summed E-state index contributed by atoms with van der Waals surface area (Å²) in [4.78, 5) is 12.2. The van der Waals surface area contributed by atoms with Crippen LogP contribution in [0.25, 0.3) is 0 Å². The van der Waals surface area contributed by atoms with E-state index < -0.39 is 0 Å². The quantitative estimate of drug-likeness (QED) is 0.837. The van der Waals surface area contributed by atoms with E-state index in [4.69, 9.17) is 9.47 Å². The predicted molar refractivity (Wildman–Crippen MR) is 92.9 cm³/mol. The summed E-state index contributed by atoms with van der Waals surface area (Å²) in [7, 11) is 5.15. The number of nitrogens with one attached hydrogen (secondary N) is 1. The fraction of sp³-hybridized carbons (Fsp3) is 0.353. The van der Waals surface area contributed by atoms with E-state index in [0.29, 0.717) is 18.0 Å². The number of carbonyl (C=O) groups excluding carboxylic acids is 1. The third-order valence-electron chi connectivity index (χ3n) is 3.85. The zero-order valence-electron chi connectivity index (χ0n) is 13.8. The van der Waals surface area contributed by atoms with Gasteiger partial charge in [-0.25, -0.2) is 0 Å². The lowest BCUT2D eigenvalue weighted by atomic mass is 10.1. The molecule has 1 amide bonds. The fourth-order valence-corrected chi connectivity index (χ4v) is 2.76. The molecule has 5 nitrogen and oxygen atoms in total. The number of hydrogen-bond donors (Lipinski definition) is 1. The molecule has 6 heteroatoms. The number of methoxy groups -OCH3 is 2. The monoisotopic (exact) mass is 380 g/mol. The molecule has 0 aliphatic carbocycles. The van der Waals surface area contributed by atoms with Gasteiger partial charge < -0.3 is 19.4 Å². The molecule has 0 bridgehead atoms. The van der Waals surface area contributed by atoms with Gasteiger partial charge in [-0.05, 0) is 36.8 Å². The lowest BCUT2D eigenvalue weighted by molar-refractivity contribution is -0.120. The Bertz CT molecular complexity index is 710. The topological polar surface area (TPSA) is 52.5 Å². The van der Waals surface area contributed by atoms with Gasteiger partial charge in [0, 0.05) is 22.9 Å². The SMILES string of the molecule is COc1cc(Br)c(CC(=O)NCc2ccc(C)n2C)cc1OC. The maximum Gasteiger partial charge on any atom is 0.224 e. The minimum Gasteiger partial charge on any atom is -0.493 e. The Labute approximate surface area is 144 Å². The van der Waals surface area contributed by atoms with Crippen molar-refractivity contribution in [3.05, 3.63) is 45.7 Å². The number of aryl methyl sites for hydroxylation is 1. The fourth-order valence-electron chi connectivity index (χ4n) is 2.30. The van der Waals surface area contributed by atoms with Crippen LogP contribution in [-0.4, -0.2) is 24.7 Å². The number of hydrogen-bond acceptors (Lipinski definition) is 3. The van der Waals surface area contributed by atoms with E-state index in [9.17, 15) is 4.79 Å². The first kappa shape index (κ1) is 17.4. The highest BCUT2D eigenvalue weighted by Gasteiger charge is 2.13. The van der Waals surface area contributed by atoms with Crippen molar-refractivity contribution < 1.29 is 14.3 Å². The second-order valence-electron chi connectivity index (χ2n) is 5.28. The van der Waals surface area contributed by atoms with Gasteiger partial charge in [-0.1, -0.05) is 15.9 Å². The summed E-state index contributed by atoms with van der Waals surface area (Å²) in [6, 6.07) is 7.67. The number of ether oxygens (including phenoxy) is 2. The van der Waals surface area contributed by atoms with Crippen LogP contribution in [0.5, 0.6) is 11.5 Å². The van der Waals surface area contributed by atoms with Crippen LogP contribution in [0.2, 0.25) is 0 Å². The molecule has 1 N–H and O–H groups in total. The smallest absolute Gasteiger partial charge is 0.224 e. The maximum atomic E-state index is 12.2. The lowest BCUT2D eigenvalue weighted by Gasteiger charge is -2.12. The summed E-state index contributed by atoms with van der Waals surface area (Å²) in [6.07, 6.45) is 0.268. The van der Waals surface area contributed by atoms with Crippen molar-refractivity contribution in [2.75, 3.05) is 14.2 Å². The molecule has 0 atom stereocenters. The van der Waals surface area contributed by atoms with Gasteiger partial charge in [0.15, 0.2) is 11.5 Å². The first-order chi connectivity index (χ1) is 11.0. The largest absolute Gasteiger partial charge is 0.493 e. The van der Waals surface area contributed by atoms with E-state index in [2.05, 4.69) is 25.8 Å². The molecular weight excluding hydrogens is 360 g/mol. The number of aromatic nitrogens is 1. The van der Waals surface area contributed by atoms with Crippen LogP contribution in [0.15, 0.2) is 28.7 Å². The lowest BCUT2D eigenvalue weighted by Crippen LogP contribution is -2.25. The van der Waals surface area contributed by atoms with E-state index in [0.717, 1.165) is 21.4 Å². The molecule has 1 aromatic carbocycles. The van der Waals surface area contributed by atoms with E-state index in [-0.39, 0.29) is 12.3 Å². The molecule has 2 aromatic rings. The zero-order valence-corrected chi connectivity index (χ0v) is 15.4. The summed E-state index contributed by atoms with van der Waals surface area (Å²) >= 11 is 3.47. The molecule has 124 valence electrons. The zero-order chi connectivity index (χ0) is 17.0. The third kappa shape index (κ3) is 4.07. The van der Waals surface area contributed by atoms with Crippen molar-refractivity contribution in [1.82, 2.24) is 9.88 Å². The molecular formula is C17H21BrN2O3. The highest BCUT2D eigenvalue weighted by molar-refractivity contribution is 9.10. The Morgan fingerprint density at radius 3 is 2.43 bits per heavy atom. The van der Waals surface area contributed by atoms with Crippen LogP contribution >= 0.6 is 15.9 Å². The van der Waals surface area contributed by atoms with Crippen LogP contribution in [0.4, 0.5) is 0 Å². The molecule has 2 rings (SSSR count). The van der Waals surface area contributed by atoms with Crippen LogP contribution in [0.1, 0.15) is 17.0 Å². The highest BCUT2D eigenvalue weighted by Crippen LogP contribution is 2.33. The summed E-state index contributed by atoms with van der Waals surface area (Å²) in [5.74, 6) is 1.19. The summed E-state index contributed by atoms with van der Waals surface area (Å²) in [5, 5.41) is 2.94. The average Bonchev–Trinajstić information content (AvgIpc) is 2.86. The van der Waals surface area contributed by atoms with Gasteiger partial charge in [0.05, 0.1) is 27.2 Å². The van der Waals surface area contributed by atoms with E-state index in [1.165, 1.54) is 0 Å². The van der Waals surface area contributed by atoms with E-state index in [1.807, 2.05) is 38.2 Å². The Balaban J connectivity index is 2.04. The van der Waals surface area contributed by atoms with Crippen molar-refractivity contribution in [2.24, 2.45) is 7.05 Å². The highest BCUT2D eigenvalue weighted by atomic mass is 79.9. The van der Waals surface area contributed by atoms with Crippen LogP contribution < -0.4 is 14.8 Å². The third-order valence-corrected chi connectivity index (χ3v) is 4.59. The molecule has 0 radical (unpaired) electrons. The van der Waals surface area contributed by atoms with Gasteiger partial charge in [0.25, 0.3) is 0 Å². The van der Waals surface area contributed by atoms with Gasteiger partial charge in [0.1, 0.15) is 0 Å². The van der Waals surface area contributed by atoms with Crippen molar-refractivity contribution in [1.29, 1.82) is 0 Å². The number of nitrogens with zero attached hydrogens (tertiary/aromatic N) is 1. The second-order valence-corrected chi connectivity index (χ2v) is 6.13. The summed E-state index contributed by atoms with van der Waals surface area (Å²) < 4.78 is 13.4. The normalized spacial score (nSPS) is 10.5. The average molecular weight is 381 g/mol. The molecule has 0 unspecified atom stereocenters. The van der Waals surface area contributed by atoms with Gasteiger partial charge in [-0.15, -0.1) is 0 Å². The van der Waals surface area contributed by atoms with E-state index >= 15 is 0 Å². The van der Waals surface area contributed by atoms with Crippen molar-refractivity contribution in [3.63, 3.8) is 0 Å². The summed E-state index contributed by atoms with van der Waals surface area (Å²) in [6.45, 7) is 2.54. The van der Waals surface area contributed by atoms with Gasteiger partial charge in [0.2, 0.25) is 5.91 Å². The molecule has 0 aliphatic rings. The minimum atomic E-state index is -0.0447. The molecule has 0 spiro atoms. The standard InChI is InChI=1S/C17H21BrN2O3/c1-11-5-6-13(20(11)2)10-19-17(21)8-12-7-15(22-3)16(23-4)9-14(12)18/h5-7,9H,8,10H2,1-4H3,(H,19,21). The maximum absolute atomic E-state index is 12.2.